The zero-order valence-corrected chi connectivity index (χ0v) is 37.6. The zero-order valence-electron chi connectivity index (χ0n) is 36.0. The number of nitrogens with zero attached hydrogens (tertiary/aromatic N) is 2. The van der Waals surface area contributed by atoms with E-state index >= 15 is 0 Å². The summed E-state index contributed by atoms with van der Waals surface area (Å²) in [5.74, 6) is -1.89. The van der Waals surface area contributed by atoms with Gasteiger partial charge < -0.3 is 19.2 Å². The maximum atomic E-state index is 10.7. The van der Waals surface area contributed by atoms with Crippen LogP contribution in [0.25, 0.3) is 0 Å². The van der Waals surface area contributed by atoms with Crippen molar-refractivity contribution < 1.29 is 28.8 Å². The van der Waals surface area contributed by atoms with Gasteiger partial charge in [0, 0.05) is 9.79 Å². The SMILES string of the molecule is CCCC[N+](CCCC)(CCCC)CCCC.CCCC[N+](CCCC)(CCCC)CCCC.O=C(O)c1ccc(SSc2ccc(C(=O)O)cc2)cc1. The third kappa shape index (κ3) is 23.8. The lowest BCUT2D eigenvalue weighted by Crippen LogP contribution is -2.50. The van der Waals surface area contributed by atoms with E-state index < -0.39 is 11.9 Å². The van der Waals surface area contributed by atoms with Gasteiger partial charge in [-0.2, -0.15) is 0 Å². The number of aromatic carboxylic acids is 2. The lowest BCUT2D eigenvalue weighted by Gasteiger charge is -2.39. The molecule has 0 aliphatic carbocycles. The van der Waals surface area contributed by atoms with Gasteiger partial charge >= 0.3 is 11.9 Å². The van der Waals surface area contributed by atoms with Gasteiger partial charge in [0.1, 0.15) is 0 Å². The highest BCUT2D eigenvalue weighted by molar-refractivity contribution is 8.76. The normalized spacial score (nSPS) is 11.3. The van der Waals surface area contributed by atoms with Crippen LogP contribution in [0.15, 0.2) is 58.3 Å². The summed E-state index contributed by atoms with van der Waals surface area (Å²) in [6.07, 6.45) is 22.1. The van der Waals surface area contributed by atoms with Gasteiger partial charge in [-0.25, -0.2) is 9.59 Å². The molecule has 2 rings (SSSR count). The van der Waals surface area contributed by atoms with Gasteiger partial charge in [0.25, 0.3) is 0 Å². The van der Waals surface area contributed by atoms with E-state index in [4.69, 9.17) is 10.2 Å². The summed E-state index contributed by atoms with van der Waals surface area (Å²) in [6, 6.07) is 13.2. The van der Waals surface area contributed by atoms with Crippen LogP contribution in [-0.4, -0.2) is 83.5 Å². The summed E-state index contributed by atoms with van der Waals surface area (Å²) in [7, 11) is 2.97. The van der Waals surface area contributed by atoms with Crippen molar-refractivity contribution in [2.75, 3.05) is 52.4 Å². The van der Waals surface area contributed by atoms with Crippen molar-refractivity contribution in [3.8, 4) is 0 Å². The fourth-order valence-corrected chi connectivity index (χ4v) is 8.62. The van der Waals surface area contributed by atoms with Crippen molar-refractivity contribution in [1.29, 1.82) is 0 Å². The molecule has 54 heavy (non-hydrogen) atoms. The van der Waals surface area contributed by atoms with Crippen LogP contribution in [0.2, 0.25) is 0 Å². The average Bonchev–Trinajstić information content (AvgIpc) is 3.19. The smallest absolute Gasteiger partial charge is 0.335 e. The van der Waals surface area contributed by atoms with E-state index in [0.717, 1.165) is 9.79 Å². The largest absolute Gasteiger partial charge is 0.478 e. The minimum atomic E-state index is -0.946. The molecule has 0 bridgehead atoms. The minimum absolute atomic E-state index is 0.255. The van der Waals surface area contributed by atoms with Crippen LogP contribution in [0.3, 0.4) is 0 Å². The summed E-state index contributed by atoms with van der Waals surface area (Å²) in [5, 5.41) is 17.6. The van der Waals surface area contributed by atoms with Crippen LogP contribution >= 0.6 is 21.6 Å². The Morgan fingerprint density at radius 1 is 0.389 bits per heavy atom. The van der Waals surface area contributed by atoms with Crippen molar-refractivity contribution in [1.82, 2.24) is 0 Å². The molecule has 2 aromatic carbocycles. The van der Waals surface area contributed by atoms with Crippen LogP contribution < -0.4 is 0 Å². The molecule has 0 heterocycles. The van der Waals surface area contributed by atoms with Crippen LogP contribution in [0.1, 0.15) is 179 Å². The second kappa shape index (κ2) is 33.2. The molecule has 0 saturated carbocycles. The number of quaternary nitrogens is 2. The molecular weight excluding hydrogens is 709 g/mol. The lowest BCUT2D eigenvalue weighted by molar-refractivity contribution is -0.929. The molecule has 8 heteroatoms. The molecule has 0 spiro atoms. The van der Waals surface area contributed by atoms with Gasteiger partial charge in [-0.05, 0) is 99.9 Å². The molecule has 310 valence electrons. The number of benzene rings is 2. The Morgan fingerprint density at radius 2 is 0.574 bits per heavy atom. The van der Waals surface area contributed by atoms with Crippen LogP contribution in [-0.2, 0) is 0 Å². The molecule has 2 aromatic rings. The monoisotopic (exact) mass is 791 g/mol. The maximum absolute atomic E-state index is 10.7. The van der Waals surface area contributed by atoms with Gasteiger partial charge in [-0.15, -0.1) is 0 Å². The first-order valence-electron chi connectivity index (χ1n) is 21.8. The quantitative estimate of drug-likeness (QED) is 0.0631. The number of carboxylic acids is 2. The van der Waals surface area contributed by atoms with E-state index in [0.29, 0.717) is 0 Å². The molecule has 6 nitrogen and oxygen atoms in total. The third-order valence-corrected chi connectivity index (χ3v) is 12.7. The first kappa shape index (κ1) is 52.0. The number of unbranched alkanes of at least 4 members (excludes halogenated alkanes) is 8. The van der Waals surface area contributed by atoms with Gasteiger partial charge in [-0.1, -0.05) is 128 Å². The number of hydrogen-bond acceptors (Lipinski definition) is 4. The summed E-state index contributed by atoms with van der Waals surface area (Å²) in [4.78, 5) is 23.3. The predicted octanol–water partition coefficient (Wildman–Crippen LogP) is 13.9. The van der Waals surface area contributed by atoms with E-state index in [2.05, 4.69) is 55.4 Å². The first-order chi connectivity index (χ1) is 26.0. The highest BCUT2D eigenvalue weighted by Crippen LogP contribution is 2.37. The van der Waals surface area contributed by atoms with E-state index in [1.807, 2.05) is 0 Å². The lowest BCUT2D eigenvalue weighted by atomic mass is 10.1. The summed E-state index contributed by atoms with van der Waals surface area (Å²) in [5.41, 5.74) is 0.510. The molecule has 0 saturated heterocycles. The van der Waals surface area contributed by atoms with Crippen molar-refractivity contribution in [3.63, 3.8) is 0 Å². The Balaban J connectivity index is 0.000000786. The Kier molecular flexibility index (Phi) is 31.9. The van der Waals surface area contributed by atoms with Gasteiger partial charge in [0.15, 0.2) is 0 Å². The number of hydrogen-bond donors (Lipinski definition) is 2. The van der Waals surface area contributed by atoms with Gasteiger partial charge in [0.2, 0.25) is 0 Å². The van der Waals surface area contributed by atoms with Crippen LogP contribution in [0, 0.1) is 0 Å². The first-order valence-corrected chi connectivity index (χ1v) is 23.9. The molecule has 0 atom stereocenters. The summed E-state index contributed by atoms with van der Waals surface area (Å²) >= 11 is 0. The van der Waals surface area contributed by atoms with Crippen LogP contribution in [0.4, 0.5) is 0 Å². The molecule has 0 fully saturated rings. The topological polar surface area (TPSA) is 74.6 Å². The fourth-order valence-electron chi connectivity index (χ4n) is 6.69. The molecule has 2 N–H and O–H groups in total. The molecule has 0 amide bonds. The second-order valence-electron chi connectivity index (χ2n) is 15.1. The average molecular weight is 791 g/mol. The van der Waals surface area contributed by atoms with Crippen LogP contribution in [0.5, 0.6) is 0 Å². The zero-order chi connectivity index (χ0) is 40.5. The van der Waals surface area contributed by atoms with E-state index in [9.17, 15) is 9.59 Å². The van der Waals surface area contributed by atoms with Gasteiger partial charge in [0.05, 0.1) is 63.5 Å². The van der Waals surface area contributed by atoms with E-state index in [1.54, 1.807) is 48.5 Å². The summed E-state index contributed by atoms with van der Waals surface area (Å²) in [6.45, 7) is 30.0. The molecule has 0 aliphatic heterocycles. The second-order valence-corrected chi connectivity index (χ2v) is 17.4. The molecule has 0 aromatic heterocycles. The minimum Gasteiger partial charge on any atom is -0.478 e. The summed E-state index contributed by atoms with van der Waals surface area (Å²) < 4.78 is 2.84. The highest BCUT2D eigenvalue weighted by Gasteiger charge is 2.25. The van der Waals surface area contributed by atoms with E-state index in [-0.39, 0.29) is 11.1 Å². The number of carboxylic acid groups (broad SMARTS) is 2. The molecule has 0 radical (unpaired) electrons. The molecule has 0 aliphatic rings. The number of carbonyl (C=O) groups is 2. The number of rotatable bonds is 29. The van der Waals surface area contributed by atoms with Crippen molar-refractivity contribution in [2.45, 2.75) is 168 Å². The molecule has 0 unspecified atom stereocenters. The third-order valence-electron chi connectivity index (χ3n) is 10.3. The Bertz CT molecular complexity index is 1020. The van der Waals surface area contributed by atoms with Crippen molar-refractivity contribution in [2.24, 2.45) is 0 Å². The predicted molar refractivity (Wildman–Crippen MR) is 237 cm³/mol. The highest BCUT2D eigenvalue weighted by atomic mass is 33.1. The van der Waals surface area contributed by atoms with Gasteiger partial charge in [-0.3, -0.25) is 0 Å². The Morgan fingerprint density at radius 3 is 0.722 bits per heavy atom. The van der Waals surface area contributed by atoms with Crippen molar-refractivity contribution >= 4 is 33.5 Å². The Labute approximate surface area is 340 Å². The van der Waals surface area contributed by atoms with Crippen molar-refractivity contribution in [3.05, 3.63) is 59.7 Å². The van der Waals surface area contributed by atoms with E-state index in [1.165, 1.54) is 186 Å². The fraction of sp³-hybridized carbons (Fsp3) is 0.696. The Hall–Kier alpha value is -2.00. The standard InChI is InChI=1S/2C16H36N.C14H10O4S2/c2*1-5-9-13-17(14-10-6-2,15-11-7-3)16-12-8-4;15-13(16)9-1-5-11(6-2-9)19-20-12-7-3-10(4-8-12)14(17)18/h2*5-16H2,1-4H3;1-8H,(H,15,16)(H,17,18)/q2*+1;. The molecular formula is C46H82N2O4S2+2. The maximum Gasteiger partial charge on any atom is 0.335 e.